The Labute approximate surface area is 220 Å². The molecule has 3 aromatic carbocycles. The lowest BCUT2D eigenvalue weighted by atomic mass is 10.0. The van der Waals surface area contributed by atoms with Crippen LogP contribution in [0, 0.1) is 0 Å². The Balaban J connectivity index is 1.39. The normalized spacial score (nSPS) is 14.5. The van der Waals surface area contributed by atoms with Gasteiger partial charge in [-0.05, 0) is 54.4 Å². The summed E-state index contributed by atoms with van der Waals surface area (Å²) in [4.78, 5) is 30.1. The highest BCUT2D eigenvalue weighted by atomic mass is 35.5. The van der Waals surface area contributed by atoms with E-state index in [1.807, 2.05) is 47.4 Å². The van der Waals surface area contributed by atoms with Crippen molar-refractivity contribution in [2.45, 2.75) is 18.9 Å². The van der Waals surface area contributed by atoms with Crippen LogP contribution in [-0.2, 0) is 11.2 Å². The molecule has 182 valence electrons. The molecule has 3 aromatic rings. The van der Waals surface area contributed by atoms with Gasteiger partial charge < -0.3 is 15.1 Å². The van der Waals surface area contributed by atoms with Gasteiger partial charge >= 0.3 is 0 Å². The molecule has 2 amide bonds. The van der Waals surface area contributed by atoms with Gasteiger partial charge in [0.1, 0.15) is 0 Å². The minimum absolute atomic E-state index is 0.0242. The fraction of sp³-hybridized carbons (Fsp3) is 0.259. The number of hydrogen-bond acceptors (Lipinski definition) is 3. The van der Waals surface area contributed by atoms with Gasteiger partial charge in [-0.1, -0.05) is 65.1 Å². The van der Waals surface area contributed by atoms with Crippen molar-refractivity contribution in [3.63, 3.8) is 0 Å². The van der Waals surface area contributed by atoms with E-state index in [1.165, 1.54) is 0 Å². The third-order valence-corrected chi connectivity index (χ3v) is 7.08. The van der Waals surface area contributed by atoms with Crippen molar-refractivity contribution in [3.8, 4) is 0 Å². The SMILES string of the molecule is O=C(NC(CC(=O)N1CCN(c2ccc(Cl)c(Cl)c2)CC1)Cc1ccccc1)c1ccc(Cl)cc1. The zero-order chi connectivity index (χ0) is 24.8. The molecule has 0 saturated carbocycles. The lowest BCUT2D eigenvalue weighted by molar-refractivity contribution is -0.131. The molecule has 5 nitrogen and oxygen atoms in total. The maximum atomic E-state index is 13.2. The van der Waals surface area contributed by atoms with Crippen LogP contribution in [-0.4, -0.2) is 48.9 Å². The van der Waals surface area contributed by atoms with Crippen molar-refractivity contribution in [2.24, 2.45) is 0 Å². The van der Waals surface area contributed by atoms with Gasteiger partial charge in [0, 0.05) is 54.9 Å². The third kappa shape index (κ3) is 6.91. The average Bonchev–Trinajstić information content (AvgIpc) is 2.86. The van der Waals surface area contributed by atoms with Crippen molar-refractivity contribution < 1.29 is 9.59 Å². The van der Waals surface area contributed by atoms with Crippen LogP contribution in [0.2, 0.25) is 15.1 Å². The molecule has 0 bridgehead atoms. The van der Waals surface area contributed by atoms with Crippen molar-refractivity contribution in [1.82, 2.24) is 10.2 Å². The maximum absolute atomic E-state index is 13.2. The van der Waals surface area contributed by atoms with E-state index in [9.17, 15) is 9.59 Å². The third-order valence-electron chi connectivity index (χ3n) is 6.09. The summed E-state index contributed by atoms with van der Waals surface area (Å²) in [6.07, 6.45) is 0.788. The molecule has 0 aromatic heterocycles. The lowest BCUT2D eigenvalue weighted by Crippen LogP contribution is -2.50. The molecule has 1 aliphatic rings. The topological polar surface area (TPSA) is 52.7 Å². The van der Waals surface area contributed by atoms with Gasteiger partial charge in [0.25, 0.3) is 5.91 Å². The van der Waals surface area contributed by atoms with E-state index in [0.717, 1.165) is 11.3 Å². The van der Waals surface area contributed by atoms with E-state index in [-0.39, 0.29) is 24.3 Å². The molecule has 1 fully saturated rings. The Morgan fingerprint density at radius 3 is 2.17 bits per heavy atom. The van der Waals surface area contributed by atoms with Gasteiger partial charge in [0.05, 0.1) is 10.0 Å². The summed E-state index contributed by atoms with van der Waals surface area (Å²) in [7, 11) is 0. The van der Waals surface area contributed by atoms with E-state index in [0.29, 0.717) is 53.2 Å². The molecule has 4 rings (SSSR count). The number of carbonyl (C=O) groups is 2. The largest absolute Gasteiger partial charge is 0.368 e. The van der Waals surface area contributed by atoms with Gasteiger partial charge in [0.2, 0.25) is 5.91 Å². The molecule has 35 heavy (non-hydrogen) atoms. The number of anilines is 1. The molecule has 0 spiro atoms. The molecule has 1 unspecified atom stereocenters. The van der Waals surface area contributed by atoms with E-state index >= 15 is 0 Å². The van der Waals surface area contributed by atoms with Gasteiger partial charge in [-0.2, -0.15) is 0 Å². The van der Waals surface area contributed by atoms with Crippen LogP contribution in [0.5, 0.6) is 0 Å². The lowest BCUT2D eigenvalue weighted by Gasteiger charge is -2.37. The zero-order valence-corrected chi connectivity index (χ0v) is 21.4. The van der Waals surface area contributed by atoms with E-state index in [4.69, 9.17) is 34.8 Å². The Morgan fingerprint density at radius 2 is 1.51 bits per heavy atom. The number of hydrogen-bond donors (Lipinski definition) is 1. The van der Waals surface area contributed by atoms with Gasteiger partial charge in [-0.15, -0.1) is 0 Å². The number of piperazine rings is 1. The second kappa shape index (κ2) is 11.8. The Morgan fingerprint density at radius 1 is 0.829 bits per heavy atom. The summed E-state index contributed by atoms with van der Waals surface area (Å²) in [5.74, 6) is -0.198. The van der Waals surface area contributed by atoms with Crippen molar-refractivity contribution in [3.05, 3.63) is 99.0 Å². The molecule has 8 heteroatoms. The summed E-state index contributed by atoms with van der Waals surface area (Å²) < 4.78 is 0. The highest BCUT2D eigenvalue weighted by Crippen LogP contribution is 2.28. The van der Waals surface area contributed by atoms with Crippen LogP contribution in [0.15, 0.2) is 72.8 Å². The van der Waals surface area contributed by atoms with E-state index in [1.54, 1.807) is 30.3 Å². The summed E-state index contributed by atoms with van der Waals surface area (Å²) in [6.45, 7) is 2.60. The molecule has 1 heterocycles. The smallest absolute Gasteiger partial charge is 0.251 e. The predicted molar refractivity (Wildman–Crippen MR) is 143 cm³/mol. The predicted octanol–water partition coefficient (Wildman–Crippen LogP) is 5.73. The first-order valence-electron chi connectivity index (χ1n) is 11.5. The van der Waals surface area contributed by atoms with Crippen LogP contribution < -0.4 is 10.2 Å². The number of benzene rings is 3. The fourth-order valence-electron chi connectivity index (χ4n) is 4.18. The van der Waals surface area contributed by atoms with Crippen LogP contribution >= 0.6 is 34.8 Å². The first-order chi connectivity index (χ1) is 16.9. The molecule has 1 atom stereocenters. The summed E-state index contributed by atoms with van der Waals surface area (Å²) in [5.41, 5.74) is 2.56. The Kier molecular flexibility index (Phi) is 8.55. The fourth-order valence-corrected chi connectivity index (χ4v) is 4.60. The number of rotatable bonds is 7. The molecule has 1 N–H and O–H groups in total. The van der Waals surface area contributed by atoms with Crippen LogP contribution in [0.3, 0.4) is 0 Å². The molecule has 1 saturated heterocycles. The Hall–Kier alpha value is -2.73. The van der Waals surface area contributed by atoms with E-state index < -0.39 is 0 Å². The van der Waals surface area contributed by atoms with Gasteiger partial charge in [-0.25, -0.2) is 0 Å². The highest BCUT2D eigenvalue weighted by Gasteiger charge is 2.25. The number of halogens is 3. The van der Waals surface area contributed by atoms with Crippen LogP contribution in [0.25, 0.3) is 0 Å². The average molecular weight is 531 g/mol. The first-order valence-corrected chi connectivity index (χ1v) is 12.6. The monoisotopic (exact) mass is 529 g/mol. The summed E-state index contributed by atoms with van der Waals surface area (Å²) in [6, 6.07) is 21.8. The minimum Gasteiger partial charge on any atom is -0.368 e. The van der Waals surface area contributed by atoms with Crippen LogP contribution in [0.1, 0.15) is 22.3 Å². The quantitative estimate of drug-likeness (QED) is 0.425. The second-order valence-electron chi connectivity index (χ2n) is 8.54. The minimum atomic E-state index is -0.332. The molecular formula is C27H26Cl3N3O2. The standard InChI is InChI=1S/C27H26Cl3N3O2/c28-21-8-6-20(7-9-21)27(35)31-22(16-19-4-2-1-3-5-19)17-26(34)33-14-12-32(13-15-33)23-10-11-24(29)25(30)18-23/h1-11,18,22H,12-17H2,(H,31,35). The van der Waals surface area contributed by atoms with E-state index in [2.05, 4.69) is 10.2 Å². The number of amides is 2. The first kappa shape index (κ1) is 25.4. The van der Waals surface area contributed by atoms with Crippen molar-refractivity contribution in [1.29, 1.82) is 0 Å². The zero-order valence-electron chi connectivity index (χ0n) is 19.1. The summed E-state index contributed by atoms with van der Waals surface area (Å²) >= 11 is 18.1. The maximum Gasteiger partial charge on any atom is 0.251 e. The van der Waals surface area contributed by atoms with Crippen molar-refractivity contribution in [2.75, 3.05) is 31.1 Å². The number of nitrogens with zero attached hydrogens (tertiary/aromatic N) is 2. The molecule has 1 aliphatic heterocycles. The molecule has 0 radical (unpaired) electrons. The molecular weight excluding hydrogens is 505 g/mol. The highest BCUT2D eigenvalue weighted by molar-refractivity contribution is 6.42. The Bertz CT molecular complexity index is 1160. The molecule has 0 aliphatic carbocycles. The second-order valence-corrected chi connectivity index (χ2v) is 9.79. The van der Waals surface area contributed by atoms with Crippen molar-refractivity contribution >= 4 is 52.3 Å². The summed E-state index contributed by atoms with van der Waals surface area (Å²) in [5, 5.41) is 4.66. The van der Waals surface area contributed by atoms with Gasteiger partial charge in [-0.3, -0.25) is 9.59 Å². The van der Waals surface area contributed by atoms with Crippen LogP contribution in [0.4, 0.5) is 5.69 Å². The number of nitrogens with one attached hydrogen (secondary N) is 1. The number of carbonyl (C=O) groups excluding carboxylic acids is 2. The van der Waals surface area contributed by atoms with Gasteiger partial charge in [0.15, 0.2) is 0 Å².